The second-order valence-electron chi connectivity index (χ2n) is 2.69. The summed E-state index contributed by atoms with van der Waals surface area (Å²) >= 11 is 4.64. The summed E-state index contributed by atoms with van der Waals surface area (Å²) in [7, 11) is 0. The molecule has 1 rings (SSSR count). The third-order valence-electron chi connectivity index (χ3n) is 1.89. The normalized spacial score (nSPS) is 12.4. The second-order valence-corrected chi connectivity index (χ2v) is 3.09. The summed E-state index contributed by atoms with van der Waals surface area (Å²) in [6.45, 7) is 1.97. The molecule has 2 heteroatoms. The van der Waals surface area contributed by atoms with Crippen LogP contribution < -0.4 is 0 Å². The van der Waals surface area contributed by atoms with Gasteiger partial charge in [0, 0.05) is 11.0 Å². The summed E-state index contributed by atoms with van der Waals surface area (Å²) in [5.74, 6) is -0.0961. The van der Waals surface area contributed by atoms with E-state index in [0.717, 1.165) is 12.0 Å². The Labute approximate surface area is 78.2 Å². The van der Waals surface area contributed by atoms with E-state index in [2.05, 4.69) is 12.6 Å². The zero-order chi connectivity index (χ0) is 8.97. The van der Waals surface area contributed by atoms with E-state index in [0.29, 0.717) is 0 Å². The van der Waals surface area contributed by atoms with Crippen LogP contribution in [0.25, 0.3) is 0 Å². The van der Waals surface area contributed by atoms with Crippen molar-refractivity contribution in [1.82, 2.24) is 0 Å². The van der Waals surface area contributed by atoms with Gasteiger partial charge in [-0.15, -0.1) is 0 Å². The molecule has 0 heterocycles. The predicted molar refractivity (Wildman–Crippen MR) is 51.8 cm³/mol. The maximum Gasteiger partial charge on any atom is 0.0206 e. The third-order valence-corrected chi connectivity index (χ3v) is 2.18. The van der Waals surface area contributed by atoms with Crippen molar-refractivity contribution in [2.75, 3.05) is 0 Å². The van der Waals surface area contributed by atoms with Crippen LogP contribution in [0.2, 0.25) is 0 Å². The molecule has 0 N–H and O–H groups in total. The van der Waals surface area contributed by atoms with Crippen molar-refractivity contribution < 1.29 is 4.79 Å². The Morgan fingerprint density at radius 3 is 2.42 bits per heavy atom. The van der Waals surface area contributed by atoms with Crippen molar-refractivity contribution in [3.05, 3.63) is 35.9 Å². The minimum atomic E-state index is -0.163. The summed E-state index contributed by atoms with van der Waals surface area (Å²) in [6, 6.07) is 9.67. The molecule has 0 aliphatic heterocycles. The zero-order valence-electron chi connectivity index (χ0n) is 6.99. The lowest BCUT2D eigenvalue weighted by molar-refractivity contribution is -0.112. The Balaban J connectivity index is 2.88. The van der Waals surface area contributed by atoms with Crippen LogP contribution in [-0.2, 0) is 17.4 Å². The quantitative estimate of drug-likeness (QED) is 0.662. The van der Waals surface area contributed by atoms with Crippen LogP contribution in [0.1, 0.15) is 24.8 Å². The summed E-state index contributed by atoms with van der Waals surface area (Å²) < 4.78 is 0. The molecule has 1 atom stereocenters. The van der Waals surface area contributed by atoms with Gasteiger partial charge in [-0.3, -0.25) is 0 Å². The van der Waals surface area contributed by atoms with Gasteiger partial charge in [0.05, 0.1) is 0 Å². The third kappa shape index (κ3) is 2.05. The first kappa shape index (κ1) is 9.20. The number of hydrogen-bond donors (Lipinski definition) is 0. The predicted octanol–water partition coefficient (Wildman–Crippen LogP) is 2.25. The first-order valence-corrected chi connectivity index (χ1v) is 4.42. The minimum Gasteiger partial charge on any atom is -0.741 e. The van der Waals surface area contributed by atoms with Crippen molar-refractivity contribution in [1.29, 1.82) is 0 Å². The van der Waals surface area contributed by atoms with Gasteiger partial charge in [0.25, 0.3) is 0 Å². The molecular weight excluding hydrogens is 168 g/mol. The average molecular weight is 179 g/mol. The van der Waals surface area contributed by atoms with Gasteiger partial charge in [-0.2, -0.15) is 0 Å². The zero-order valence-corrected chi connectivity index (χ0v) is 7.80. The van der Waals surface area contributed by atoms with Gasteiger partial charge in [-0.05, 0) is 12.0 Å². The van der Waals surface area contributed by atoms with Crippen LogP contribution in [0.15, 0.2) is 30.3 Å². The van der Waals surface area contributed by atoms with E-state index < -0.39 is 0 Å². The molecule has 12 heavy (non-hydrogen) atoms. The summed E-state index contributed by atoms with van der Waals surface area (Å²) in [5, 5.41) is -0.163. The van der Waals surface area contributed by atoms with Crippen molar-refractivity contribution in [3.63, 3.8) is 0 Å². The molecule has 0 fully saturated rings. The van der Waals surface area contributed by atoms with Crippen LogP contribution in [-0.4, -0.2) is 5.12 Å². The number of hydrogen-bond acceptors (Lipinski definition) is 2. The average Bonchev–Trinajstić information content (AvgIpc) is 2.07. The summed E-state index contributed by atoms with van der Waals surface area (Å²) in [4.78, 5) is 11.0. The highest BCUT2D eigenvalue weighted by atomic mass is 32.1. The molecule has 0 amide bonds. The van der Waals surface area contributed by atoms with Gasteiger partial charge < -0.3 is 17.4 Å². The lowest BCUT2D eigenvalue weighted by Crippen LogP contribution is -2.07. The molecular formula is C10H11OS-. The first-order valence-electron chi connectivity index (χ1n) is 4.01. The van der Waals surface area contributed by atoms with E-state index in [9.17, 15) is 4.79 Å². The number of carbonyl (C=O) groups is 1. The molecule has 1 aromatic rings. The van der Waals surface area contributed by atoms with Crippen LogP contribution in [0, 0.1) is 0 Å². The maximum absolute atomic E-state index is 11.0. The monoisotopic (exact) mass is 179 g/mol. The van der Waals surface area contributed by atoms with Gasteiger partial charge >= 0.3 is 0 Å². The summed E-state index contributed by atoms with van der Waals surface area (Å²) in [6.07, 6.45) is 0.784. The molecule has 0 aromatic heterocycles. The largest absolute Gasteiger partial charge is 0.741 e. The van der Waals surface area contributed by atoms with Crippen molar-refractivity contribution in [3.8, 4) is 0 Å². The number of rotatable bonds is 3. The van der Waals surface area contributed by atoms with Crippen LogP contribution in [0.5, 0.6) is 0 Å². The Morgan fingerprint density at radius 2 is 2.00 bits per heavy atom. The van der Waals surface area contributed by atoms with Gasteiger partial charge in [-0.25, -0.2) is 0 Å². The van der Waals surface area contributed by atoms with Gasteiger partial charge in [0.2, 0.25) is 0 Å². The van der Waals surface area contributed by atoms with Crippen LogP contribution in [0.3, 0.4) is 0 Å². The van der Waals surface area contributed by atoms with Gasteiger partial charge in [0.1, 0.15) is 0 Å². The Kier molecular flexibility index (Phi) is 3.23. The number of carbonyl (C=O) groups excluding carboxylic acids is 1. The molecule has 1 aromatic carbocycles. The van der Waals surface area contributed by atoms with Crippen LogP contribution >= 0.6 is 0 Å². The van der Waals surface area contributed by atoms with E-state index in [1.807, 2.05) is 37.3 Å². The molecule has 0 spiro atoms. The number of benzene rings is 1. The van der Waals surface area contributed by atoms with Crippen molar-refractivity contribution in [2.45, 2.75) is 19.3 Å². The highest BCUT2D eigenvalue weighted by Crippen LogP contribution is 2.19. The van der Waals surface area contributed by atoms with E-state index in [4.69, 9.17) is 0 Å². The van der Waals surface area contributed by atoms with E-state index >= 15 is 0 Å². The van der Waals surface area contributed by atoms with E-state index in [1.54, 1.807) is 0 Å². The molecule has 0 radical (unpaired) electrons. The second kappa shape index (κ2) is 4.21. The fourth-order valence-electron chi connectivity index (χ4n) is 1.22. The highest BCUT2D eigenvalue weighted by Gasteiger charge is 2.07. The van der Waals surface area contributed by atoms with Crippen LogP contribution in [0.4, 0.5) is 0 Å². The standard InChI is InChI=1S/C10H12OS/c1-2-9(10(11)12)8-6-4-3-5-7-8/h3-7,9H,2H2,1H3,(H,11,12)/p-1. The molecule has 0 aliphatic rings. The molecule has 0 saturated heterocycles. The maximum atomic E-state index is 11.0. The molecule has 64 valence electrons. The van der Waals surface area contributed by atoms with Crippen molar-refractivity contribution in [2.24, 2.45) is 0 Å². The highest BCUT2D eigenvalue weighted by molar-refractivity contribution is 7.77. The fraction of sp³-hybridized carbons (Fsp3) is 0.300. The smallest absolute Gasteiger partial charge is 0.0206 e. The SMILES string of the molecule is CCC(C(=O)[S-])c1ccccc1. The fourth-order valence-corrected chi connectivity index (χ4v) is 1.53. The lowest BCUT2D eigenvalue weighted by Gasteiger charge is -2.17. The van der Waals surface area contributed by atoms with Crippen molar-refractivity contribution >= 4 is 17.7 Å². The Morgan fingerprint density at radius 1 is 1.42 bits per heavy atom. The topological polar surface area (TPSA) is 17.1 Å². The molecule has 0 aliphatic carbocycles. The van der Waals surface area contributed by atoms with Gasteiger partial charge in [0.15, 0.2) is 0 Å². The Hall–Kier alpha value is -0.890. The van der Waals surface area contributed by atoms with E-state index in [-0.39, 0.29) is 11.0 Å². The molecule has 1 nitrogen and oxygen atoms in total. The molecule has 0 saturated carbocycles. The molecule has 1 unspecified atom stereocenters. The summed E-state index contributed by atoms with van der Waals surface area (Å²) in [5.41, 5.74) is 1.03. The first-order chi connectivity index (χ1) is 5.75. The minimum absolute atomic E-state index is 0.0961. The van der Waals surface area contributed by atoms with Gasteiger partial charge in [-0.1, -0.05) is 37.3 Å². The Bertz CT molecular complexity index is 256. The lowest BCUT2D eigenvalue weighted by atomic mass is 9.98. The van der Waals surface area contributed by atoms with E-state index in [1.165, 1.54) is 0 Å². The molecule has 0 bridgehead atoms.